The Balaban J connectivity index is 0.00000341. The lowest BCUT2D eigenvalue weighted by Crippen LogP contribution is -2.46. The highest BCUT2D eigenvalue weighted by atomic mass is 127. The maximum Gasteiger partial charge on any atom is 0.191 e. The molecule has 2 unspecified atom stereocenters. The molecule has 0 spiro atoms. The number of thiophene rings is 1. The van der Waals surface area contributed by atoms with Crippen LogP contribution in [0.4, 0.5) is 0 Å². The van der Waals surface area contributed by atoms with Crippen LogP contribution in [0.3, 0.4) is 0 Å². The summed E-state index contributed by atoms with van der Waals surface area (Å²) in [5.41, 5.74) is -0.314. The van der Waals surface area contributed by atoms with Crippen molar-refractivity contribution in [2.24, 2.45) is 4.99 Å². The first kappa shape index (κ1) is 26.1. The Kier molecular flexibility index (Phi) is 10.3. The minimum atomic E-state index is -1.10. The predicted molar refractivity (Wildman–Crippen MR) is 137 cm³/mol. The Bertz CT molecular complexity index is 817. The third kappa shape index (κ3) is 7.18. The number of halogens is 1. The third-order valence-corrected chi connectivity index (χ3v) is 6.30. The first-order valence-corrected chi connectivity index (χ1v) is 11.5. The normalized spacial score (nSPS) is 18.2. The minimum absolute atomic E-state index is 0. The molecule has 0 aromatic carbocycles. The topological polar surface area (TPSA) is 82.3 Å². The van der Waals surface area contributed by atoms with Gasteiger partial charge in [0.2, 0.25) is 0 Å². The zero-order valence-electron chi connectivity index (χ0n) is 18.8. The number of hydrogen-bond acceptors (Lipinski definition) is 6. The highest BCUT2D eigenvalue weighted by Gasteiger charge is 2.28. The van der Waals surface area contributed by atoms with Gasteiger partial charge in [-0.2, -0.15) is 0 Å². The van der Waals surface area contributed by atoms with Crippen LogP contribution in [0.5, 0.6) is 0 Å². The van der Waals surface area contributed by atoms with Gasteiger partial charge >= 0.3 is 0 Å². The van der Waals surface area contributed by atoms with E-state index in [2.05, 4.69) is 38.0 Å². The van der Waals surface area contributed by atoms with Gasteiger partial charge in [-0.15, -0.1) is 35.3 Å². The standard InChI is InChI=1S/C22H34N4O3S.HI/c1-5-23-21(25-15-22(4,27)18-13-16(2)29-17(18)3)24-14-19(20-7-6-12-30-20)26-8-10-28-11-9-26;/h6-7,12-13,19,27H,5,8-11,14-15H2,1-4H3,(H2,23,24,25);1H. The van der Waals surface area contributed by atoms with E-state index < -0.39 is 5.60 Å². The van der Waals surface area contributed by atoms with Crippen LogP contribution in [0.25, 0.3) is 0 Å². The molecule has 2 aromatic rings. The van der Waals surface area contributed by atoms with E-state index >= 15 is 0 Å². The number of morpholine rings is 1. The molecule has 0 saturated carbocycles. The maximum absolute atomic E-state index is 11.0. The number of furan rings is 1. The van der Waals surface area contributed by atoms with E-state index in [1.54, 1.807) is 18.3 Å². The van der Waals surface area contributed by atoms with Crippen molar-refractivity contribution in [1.82, 2.24) is 15.5 Å². The molecule has 1 aliphatic rings. The Morgan fingerprint density at radius 3 is 2.65 bits per heavy atom. The number of nitrogens with zero attached hydrogens (tertiary/aromatic N) is 2. The summed E-state index contributed by atoms with van der Waals surface area (Å²) in [6.07, 6.45) is 0. The summed E-state index contributed by atoms with van der Waals surface area (Å²) in [4.78, 5) is 8.46. The molecule has 1 saturated heterocycles. The van der Waals surface area contributed by atoms with Crippen molar-refractivity contribution in [2.75, 3.05) is 45.9 Å². The molecule has 2 atom stereocenters. The van der Waals surface area contributed by atoms with Crippen molar-refractivity contribution < 1.29 is 14.3 Å². The minimum Gasteiger partial charge on any atom is -0.466 e. The summed E-state index contributed by atoms with van der Waals surface area (Å²) >= 11 is 1.78. The van der Waals surface area contributed by atoms with Crippen LogP contribution in [-0.2, 0) is 10.3 Å². The molecular formula is C22H35IN4O3S. The first-order valence-electron chi connectivity index (χ1n) is 10.6. The van der Waals surface area contributed by atoms with Gasteiger partial charge in [0.1, 0.15) is 17.1 Å². The van der Waals surface area contributed by atoms with Crippen molar-refractivity contribution >= 4 is 41.3 Å². The van der Waals surface area contributed by atoms with E-state index in [-0.39, 0.29) is 36.6 Å². The highest BCUT2D eigenvalue weighted by Crippen LogP contribution is 2.28. The molecular weight excluding hydrogens is 527 g/mol. The summed E-state index contributed by atoms with van der Waals surface area (Å²) in [5, 5.41) is 19.9. The number of guanidine groups is 1. The third-order valence-electron chi connectivity index (χ3n) is 5.33. The highest BCUT2D eigenvalue weighted by molar-refractivity contribution is 14.0. The first-order chi connectivity index (χ1) is 14.4. The van der Waals surface area contributed by atoms with Crippen molar-refractivity contribution in [1.29, 1.82) is 0 Å². The molecule has 1 aliphatic heterocycles. The average molecular weight is 563 g/mol. The quantitative estimate of drug-likeness (QED) is 0.260. The second kappa shape index (κ2) is 12.2. The van der Waals surface area contributed by atoms with E-state index in [1.165, 1.54) is 4.88 Å². The Morgan fingerprint density at radius 2 is 2.06 bits per heavy atom. The Hall–Kier alpha value is -1.14. The molecule has 3 rings (SSSR count). The summed E-state index contributed by atoms with van der Waals surface area (Å²) < 4.78 is 11.1. The van der Waals surface area contributed by atoms with Crippen molar-refractivity contribution in [3.8, 4) is 0 Å². The second-order valence-corrected chi connectivity index (χ2v) is 8.84. The van der Waals surface area contributed by atoms with Gasteiger partial charge in [-0.25, -0.2) is 4.99 Å². The zero-order chi connectivity index (χ0) is 21.6. The lowest BCUT2D eigenvalue weighted by Gasteiger charge is -2.34. The summed E-state index contributed by atoms with van der Waals surface area (Å²) in [6.45, 7) is 12.7. The van der Waals surface area contributed by atoms with Crippen LogP contribution in [0.2, 0.25) is 0 Å². The van der Waals surface area contributed by atoms with E-state index in [9.17, 15) is 5.11 Å². The molecule has 7 nitrogen and oxygen atoms in total. The van der Waals surface area contributed by atoms with Gasteiger partial charge in [-0.3, -0.25) is 4.90 Å². The van der Waals surface area contributed by atoms with E-state index in [0.717, 1.165) is 56.5 Å². The smallest absolute Gasteiger partial charge is 0.191 e. The molecule has 31 heavy (non-hydrogen) atoms. The number of nitrogens with one attached hydrogen (secondary N) is 2. The Labute approximate surface area is 206 Å². The van der Waals surface area contributed by atoms with E-state index in [0.29, 0.717) is 5.96 Å². The zero-order valence-corrected chi connectivity index (χ0v) is 22.0. The van der Waals surface area contributed by atoms with Crippen LogP contribution < -0.4 is 10.6 Å². The number of ether oxygens (including phenoxy) is 1. The predicted octanol–water partition coefficient (Wildman–Crippen LogP) is 3.41. The van der Waals surface area contributed by atoms with Gasteiger partial charge in [0.05, 0.1) is 25.8 Å². The molecule has 2 aromatic heterocycles. The van der Waals surface area contributed by atoms with E-state index in [4.69, 9.17) is 9.15 Å². The molecule has 174 valence electrons. The van der Waals surface area contributed by atoms with Crippen LogP contribution in [0.1, 0.15) is 41.9 Å². The van der Waals surface area contributed by atoms with Crippen molar-refractivity contribution in [2.45, 2.75) is 39.3 Å². The fraction of sp³-hybridized carbons (Fsp3) is 0.591. The number of aliphatic imine (C=N–C) groups is 1. The number of hydrogen-bond donors (Lipinski definition) is 3. The summed E-state index contributed by atoms with van der Waals surface area (Å²) in [6, 6.07) is 6.43. The molecule has 9 heteroatoms. The number of rotatable bonds is 8. The largest absolute Gasteiger partial charge is 0.466 e. The maximum atomic E-state index is 11.0. The van der Waals surface area contributed by atoms with Gasteiger partial charge < -0.3 is 24.9 Å². The van der Waals surface area contributed by atoms with Crippen LogP contribution in [0.15, 0.2) is 33.0 Å². The van der Waals surface area contributed by atoms with Crippen LogP contribution >= 0.6 is 35.3 Å². The second-order valence-electron chi connectivity index (χ2n) is 7.86. The van der Waals surface area contributed by atoms with Gasteiger partial charge in [0.25, 0.3) is 0 Å². The lowest BCUT2D eigenvalue weighted by molar-refractivity contribution is 0.0177. The SMILES string of the molecule is CCNC(=NCC(C)(O)c1cc(C)oc1C)NCC(c1cccs1)N1CCOCC1.I. The van der Waals surface area contributed by atoms with Gasteiger partial charge in [-0.05, 0) is 45.2 Å². The van der Waals surface area contributed by atoms with Crippen LogP contribution in [-0.4, -0.2) is 61.9 Å². The molecule has 1 fully saturated rings. The fourth-order valence-corrected chi connectivity index (χ4v) is 4.66. The summed E-state index contributed by atoms with van der Waals surface area (Å²) in [7, 11) is 0. The molecule has 0 radical (unpaired) electrons. The van der Waals surface area contributed by atoms with Gasteiger partial charge in [-0.1, -0.05) is 6.07 Å². The molecule has 3 N–H and O–H groups in total. The Morgan fingerprint density at radius 1 is 1.32 bits per heavy atom. The molecule has 0 aliphatic carbocycles. The monoisotopic (exact) mass is 562 g/mol. The molecule has 3 heterocycles. The van der Waals surface area contributed by atoms with Gasteiger partial charge in [0.15, 0.2) is 5.96 Å². The van der Waals surface area contributed by atoms with E-state index in [1.807, 2.05) is 26.8 Å². The van der Waals surface area contributed by atoms with Crippen molar-refractivity contribution in [3.05, 3.63) is 45.5 Å². The molecule has 0 bridgehead atoms. The number of aliphatic hydroxyl groups is 1. The summed E-state index contributed by atoms with van der Waals surface area (Å²) in [5.74, 6) is 2.22. The number of aryl methyl sites for hydroxylation is 2. The van der Waals surface area contributed by atoms with Gasteiger partial charge in [0, 0.05) is 36.6 Å². The molecule has 0 amide bonds. The van der Waals surface area contributed by atoms with Crippen LogP contribution in [0, 0.1) is 13.8 Å². The van der Waals surface area contributed by atoms with Crippen molar-refractivity contribution in [3.63, 3.8) is 0 Å². The lowest BCUT2D eigenvalue weighted by atomic mass is 9.96. The average Bonchev–Trinajstić information content (AvgIpc) is 3.37. The fourth-order valence-electron chi connectivity index (χ4n) is 3.80.